The van der Waals surface area contributed by atoms with Gasteiger partial charge in [-0.3, -0.25) is 10.1 Å². The SMILES string of the molecule is CC(C(=O)Nc1nc2cc(Cl)ccc2n1CCCc1ccccc1)S(C)(=O)=O. The molecule has 2 aromatic carbocycles. The molecule has 1 atom stereocenters. The van der Waals surface area contributed by atoms with Crippen molar-refractivity contribution in [3.8, 4) is 0 Å². The smallest absolute Gasteiger partial charge is 0.244 e. The monoisotopic (exact) mass is 419 g/mol. The molecule has 3 rings (SSSR count). The molecule has 1 unspecified atom stereocenters. The Morgan fingerprint density at radius 3 is 2.61 bits per heavy atom. The summed E-state index contributed by atoms with van der Waals surface area (Å²) in [5.74, 6) is -0.279. The first-order valence-corrected chi connectivity index (χ1v) is 11.3. The van der Waals surface area contributed by atoms with E-state index >= 15 is 0 Å². The van der Waals surface area contributed by atoms with E-state index < -0.39 is 21.0 Å². The second kappa shape index (κ2) is 8.32. The number of nitrogens with zero attached hydrogens (tertiary/aromatic N) is 2. The van der Waals surface area contributed by atoms with Gasteiger partial charge in [0.25, 0.3) is 0 Å². The van der Waals surface area contributed by atoms with Gasteiger partial charge in [-0.1, -0.05) is 41.9 Å². The Hall–Kier alpha value is -2.38. The molecule has 1 aromatic heterocycles. The van der Waals surface area contributed by atoms with Gasteiger partial charge in [-0.2, -0.15) is 0 Å². The fourth-order valence-corrected chi connectivity index (χ4v) is 3.53. The number of halogens is 1. The average Bonchev–Trinajstić information content (AvgIpc) is 2.97. The largest absolute Gasteiger partial charge is 0.310 e. The van der Waals surface area contributed by atoms with E-state index in [0.29, 0.717) is 23.0 Å². The summed E-state index contributed by atoms with van der Waals surface area (Å²) in [6, 6.07) is 15.5. The van der Waals surface area contributed by atoms with Crippen LogP contribution in [-0.2, 0) is 27.6 Å². The molecule has 3 aromatic rings. The van der Waals surface area contributed by atoms with Crippen LogP contribution in [0, 0.1) is 0 Å². The predicted molar refractivity (Wildman–Crippen MR) is 112 cm³/mol. The standard InChI is InChI=1S/C20H22ClN3O3S/c1-14(28(2,26)27)19(25)23-20-22-17-13-16(21)10-11-18(17)24(20)12-6-9-15-7-4-3-5-8-15/h3-5,7-8,10-11,13-14H,6,9,12H2,1-2H3,(H,22,23,25). The molecule has 0 aliphatic carbocycles. The minimum Gasteiger partial charge on any atom is -0.310 e. The lowest BCUT2D eigenvalue weighted by Gasteiger charge is -2.13. The molecular formula is C20H22ClN3O3S. The van der Waals surface area contributed by atoms with E-state index in [0.717, 1.165) is 24.6 Å². The fourth-order valence-electron chi connectivity index (χ4n) is 2.92. The first kappa shape index (κ1) is 20.4. The number of nitrogens with one attached hydrogen (secondary N) is 1. The van der Waals surface area contributed by atoms with Gasteiger partial charge in [-0.15, -0.1) is 0 Å². The van der Waals surface area contributed by atoms with Crippen molar-refractivity contribution in [3.63, 3.8) is 0 Å². The lowest BCUT2D eigenvalue weighted by Crippen LogP contribution is -2.32. The summed E-state index contributed by atoms with van der Waals surface area (Å²) in [6.45, 7) is 1.99. The number of hydrogen-bond acceptors (Lipinski definition) is 4. The number of aryl methyl sites for hydroxylation is 2. The minimum absolute atomic E-state index is 0.325. The van der Waals surface area contributed by atoms with Gasteiger partial charge in [0.1, 0.15) is 5.25 Å². The zero-order chi connectivity index (χ0) is 20.3. The molecule has 6 nitrogen and oxygen atoms in total. The highest BCUT2D eigenvalue weighted by atomic mass is 35.5. The van der Waals surface area contributed by atoms with Crippen molar-refractivity contribution >= 4 is 44.3 Å². The highest BCUT2D eigenvalue weighted by molar-refractivity contribution is 7.92. The van der Waals surface area contributed by atoms with Gasteiger partial charge >= 0.3 is 0 Å². The summed E-state index contributed by atoms with van der Waals surface area (Å²) in [4.78, 5) is 16.8. The maximum Gasteiger partial charge on any atom is 0.244 e. The lowest BCUT2D eigenvalue weighted by atomic mass is 10.1. The van der Waals surface area contributed by atoms with E-state index in [9.17, 15) is 13.2 Å². The second-order valence-electron chi connectivity index (χ2n) is 6.77. The van der Waals surface area contributed by atoms with Gasteiger partial charge in [-0.05, 0) is 43.5 Å². The predicted octanol–water partition coefficient (Wildman–Crippen LogP) is 3.69. The molecule has 0 saturated carbocycles. The van der Waals surface area contributed by atoms with Crippen molar-refractivity contribution in [2.45, 2.75) is 31.6 Å². The number of aromatic nitrogens is 2. The molecule has 28 heavy (non-hydrogen) atoms. The van der Waals surface area contributed by atoms with Crippen LogP contribution in [0.1, 0.15) is 18.9 Å². The van der Waals surface area contributed by atoms with Crippen molar-refractivity contribution in [1.29, 1.82) is 0 Å². The van der Waals surface area contributed by atoms with Crippen LogP contribution >= 0.6 is 11.6 Å². The molecule has 1 amide bonds. The second-order valence-corrected chi connectivity index (χ2v) is 9.57. The van der Waals surface area contributed by atoms with Gasteiger partial charge < -0.3 is 4.57 Å². The number of imidazole rings is 1. The zero-order valence-corrected chi connectivity index (χ0v) is 17.3. The van der Waals surface area contributed by atoms with Crippen LogP contribution in [0.5, 0.6) is 0 Å². The normalized spacial score (nSPS) is 12.8. The number of carbonyl (C=O) groups is 1. The van der Waals surface area contributed by atoms with Crippen molar-refractivity contribution in [3.05, 3.63) is 59.1 Å². The van der Waals surface area contributed by atoms with Crippen LogP contribution < -0.4 is 5.32 Å². The Bertz CT molecular complexity index is 1090. The van der Waals surface area contributed by atoms with Crippen molar-refractivity contribution in [1.82, 2.24) is 9.55 Å². The minimum atomic E-state index is -3.49. The average molecular weight is 420 g/mol. The van der Waals surface area contributed by atoms with Gasteiger partial charge in [0.15, 0.2) is 9.84 Å². The van der Waals surface area contributed by atoms with Crippen LogP contribution in [0.2, 0.25) is 5.02 Å². The van der Waals surface area contributed by atoms with Gasteiger partial charge in [0.05, 0.1) is 11.0 Å². The molecule has 0 fully saturated rings. The fraction of sp³-hybridized carbons (Fsp3) is 0.300. The van der Waals surface area contributed by atoms with E-state index in [-0.39, 0.29) is 0 Å². The Balaban J connectivity index is 1.86. The molecule has 0 aliphatic heterocycles. The summed E-state index contributed by atoms with van der Waals surface area (Å²) in [6.07, 6.45) is 2.75. The topological polar surface area (TPSA) is 81.1 Å². The molecule has 0 saturated heterocycles. The van der Waals surface area contributed by atoms with Crippen molar-refractivity contribution < 1.29 is 13.2 Å². The van der Waals surface area contributed by atoms with Gasteiger partial charge in [-0.25, -0.2) is 13.4 Å². The third-order valence-electron chi connectivity index (χ3n) is 4.65. The number of benzene rings is 2. The molecule has 1 N–H and O–H groups in total. The first-order valence-electron chi connectivity index (χ1n) is 8.95. The van der Waals surface area contributed by atoms with E-state index in [4.69, 9.17) is 11.6 Å². The summed E-state index contributed by atoms with van der Waals surface area (Å²) < 4.78 is 25.3. The number of fused-ring (bicyclic) bond motifs is 1. The highest BCUT2D eigenvalue weighted by Crippen LogP contribution is 2.24. The quantitative estimate of drug-likeness (QED) is 0.633. The molecule has 0 radical (unpaired) electrons. The number of sulfone groups is 1. The zero-order valence-electron chi connectivity index (χ0n) is 15.7. The van der Waals surface area contributed by atoms with Crippen molar-refractivity contribution in [2.75, 3.05) is 11.6 Å². The Kier molecular flexibility index (Phi) is 6.05. The number of anilines is 1. The number of hydrogen-bond donors (Lipinski definition) is 1. The maximum atomic E-state index is 12.4. The third kappa shape index (κ3) is 4.72. The first-order chi connectivity index (χ1) is 13.3. The summed E-state index contributed by atoms with van der Waals surface area (Å²) >= 11 is 6.06. The molecule has 8 heteroatoms. The number of rotatable bonds is 7. The van der Waals surface area contributed by atoms with Crippen LogP contribution in [-0.4, -0.2) is 35.4 Å². The Morgan fingerprint density at radius 1 is 1.21 bits per heavy atom. The van der Waals surface area contributed by atoms with E-state index in [1.165, 1.54) is 12.5 Å². The number of amides is 1. The molecular weight excluding hydrogens is 398 g/mol. The maximum absolute atomic E-state index is 12.4. The van der Waals surface area contributed by atoms with Crippen LogP contribution in [0.3, 0.4) is 0 Å². The van der Waals surface area contributed by atoms with Crippen LogP contribution in [0.4, 0.5) is 5.95 Å². The Morgan fingerprint density at radius 2 is 1.93 bits per heavy atom. The van der Waals surface area contributed by atoms with Gasteiger partial charge in [0.2, 0.25) is 11.9 Å². The molecule has 0 bridgehead atoms. The molecule has 1 heterocycles. The summed E-state index contributed by atoms with van der Waals surface area (Å²) in [7, 11) is -3.49. The molecule has 0 aliphatic rings. The van der Waals surface area contributed by atoms with Crippen LogP contribution in [0.25, 0.3) is 11.0 Å². The highest BCUT2D eigenvalue weighted by Gasteiger charge is 2.25. The number of carbonyl (C=O) groups excluding carboxylic acids is 1. The van der Waals surface area contributed by atoms with E-state index in [1.54, 1.807) is 12.1 Å². The van der Waals surface area contributed by atoms with Gasteiger partial charge in [0, 0.05) is 17.8 Å². The van der Waals surface area contributed by atoms with Crippen LogP contribution in [0.15, 0.2) is 48.5 Å². The molecule has 0 spiro atoms. The van der Waals surface area contributed by atoms with E-state index in [2.05, 4.69) is 22.4 Å². The molecule has 148 valence electrons. The lowest BCUT2D eigenvalue weighted by molar-refractivity contribution is -0.115. The third-order valence-corrected chi connectivity index (χ3v) is 6.38. The van der Waals surface area contributed by atoms with Crippen molar-refractivity contribution in [2.24, 2.45) is 0 Å². The van der Waals surface area contributed by atoms with E-state index in [1.807, 2.05) is 28.8 Å². The summed E-state index contributed by atoms with van der Waals surface area (Å²) in [5, 5.41) is 2.05. The summed E-state index contributed by atoms with van der Waals surface area (Å²) in [5.41, 5.74) is 2.71. The Labute approximate surface area is 169 Å².